The van der Waals surface area contributed by atoms with Gasteiger partial charge in [-0.25, -0.2) is 0 Å². The predicted octanol–water partition coefficient (Wildman–Crippen LogP) is 6.54. The maximum absolute atomic E-state index is 12.0. The second kappa shape index (κ2) is 14.7. The minimum atomic E-state index is -4.69. The summed E-state index contributed by atoms with van der Waals surface area (Å²) in [6, 6.07) is 7.18. The molecular weight excluding hydrogens is 467 g/mol. The third-order valence-corrected chi connectivity index (χ3v) is 4.91. The summed E-state index contributed by atoms with van der Waals surface area (Å²) in [6.45, 7) is 4.45. The van der Waals surface area contributed by atoms with Gasteiger partial charge >= 0.3 is 12.3 Å². The number of hydrogen-bond donors (Lipinski definition) is 2. The Morgan fingerprint density at radius 3 is 2.38 bits per heavy atom. The van der Waals surface area contributed by atoms with E-state index in [1.165, 1.54) is 35.6 Å². The smallest absolute Gasteiger partial charge is 0.481 e. The summed E-state index contributed by atoms with van der Waals surface area (Å²) in [5.74, 6) is -1.05. The lowest BCUT2D eigenvalue weighted by Crippen LogP contribution is -2.16. The first kappa shape index (κ1) is 28.6. The van der Waals surface area contributed by atoms with Crippen molar-refractivity contribution in [3.63, 3.8) is 0 Å². The lowest BCUT2D eigenvalue weighted by molar-refractivity contribution is -0.274. The molecule has 1 aromatic heterocycles. The third-order valence-electron chi connectivity index (χ3n) is 4.05. The van der Waals surface area contributed by atoms with E-state index in [2.05, 4.69) is 10.5 Å². The molecule has 0 radical (unpaired) electrons. The molecule has 0 saturated heterocycles. The first-order chi connectivity index (χ1) is 16.2. The topological polar surface area (TPSA) is 89.6 Å². The van der Waals surface area contributed by atoms with Gasteiger partial charge in [-0.1, -0.05) is 38.1 Å². The van der Waals surface area contributed by atoms with Gasteiger partial charge < -0.3 is 15.6 Å². The Hall–Kier alpha value is -3.39. The second-order valence-electron chi connectivity index (χ2n) is 6.46. The number of halogens is 3. The lowest BCUT2D eigenvalue weighted by atomic mass is 10.1. The standard InChI is InChI=1S/C12H7F3O2S.C11H13NO2.C2H6/c13-12(14,15)17-10-3-1-8(2-4-10)9-5-11(6-16)18-7-9;12-8-10-4-2-1-3-9(7-10)5-6-11(13)14;1-2/h1-7H;1,3-4,7H,5-6,8,12H2,(H,13,14);1-2H3. The van der Waals surface area contributed by atoms with Gasteiger partial charge in [0, 0.05) is 13.0 Å². The van der Waals surface area contributed by atoms with Crippen LogP contribution in [0.3, 0.4) is 0 Å². The number of allylic oxidation sites excluding steroid dienone is 3. The van der Waals surface area contributed by atoms with Crippen LogP contribution in [0.1, 0.15) is 36.4 Å². The van der Waals surface area contributed by atoms with Crippen molar-refractivity contribution in [3.05, 3.63) is 81.8 Å². The van der Waals surface area contributed by atoms with E-state index < -0.39 is 12.3 Å². The molecule has 1 aliphatic carbocycles. The number of aliphatic carboxylic acids is 1. The molecule has 3 N–H and O–H groups in total. The van der Waals surface area contributed by atoms with Crippen molar-refractivity contribution >= 4 is 23.6 Å². The summed E-state index contributed by atoms with van der Waals surface area (Å²) in [5.41, 5.74) is 11.9. The Labute approximate surface area is 200 Å². The number of thiophene rings is 1. The number of carboxylic acid groups (broad SMARTS) is 1. The van der Waals surface area contributed by atoms with Gasteiger partial charge in [-0.05, 0) is 64.4 Å². The van der Waals surface area contributed by atoms with Crippen LogP contribution in [-0.2, 0) is 4.79 Å². The van der Waals surface area contributed by atoms with Gasteiger partial charge in [0.05, 0.1) is 4.88 Å². The number of ether oxygens (including phenoxy) is 1. The van der Waals surface area contributed by atoms with E-state index >= 15 is 0 Å². The largest absolute Gasteiger partial charge is 0.573 e. The highest BCUT2D eigenvalue weighted by molar-refractivity contribution is 7.12. The average Bonchev–Trinajstić information content (AvgIpc) is 3.17. The second-order valence-corrected chi connectivity index (χ2v) is 7.41. The van der Waals surface area contributed by atoms with Crippen molar-refractivity contribution in [1.82, 2.24) is 0 Å². The van der Waals surface area contributed by atoms with E-state index in [0.717, 1.165) is 28.6 Å². The average molecular weight is 494 g/mol. The highest BCUT2D eigenvalue weighted by atomic mass is 32.1. The molecule has 1 heterocycles. The number of aldehydes is 1. The summed E-state index contributed by atoms with van der Waals surface area (Å²) in [7, 11) is 0. The highest BCUT2D eigenvalue weighted by Gasteiger charge is 2.30. The normalized spacial score (nSPS) is 12.2. The van der Waals surface area contributed by atoms with Crippen LogP contribution in [0.2, 0.25) is 0 Å². The maximum Gasteiger partial charge on any atom is 0.573 e. The van der Waals surface area contributed by atoms with E-state index in [1.54, 1.807) is 17.5 Å². The van der Waals surface area contributed by atoms with Gasteiger partial charge in [0.2, 0.25) is 0 Å². The molecule has 0 amide bonds. The molecule has 1 aliphatic rings. The van der Waals surface area contributed by atoms with Gasteiger partial charge in [-0.15, -0.1) is 30.2 Å². The van der Waals surface area contributed by atoms with Crippen LogP contribution in [0.4, 0.5) is 13.2 Å². The van der Waals surface area contributed by atoms with Gasteiger partial charge in [0.25, 0.3) is 0 Å². The molecular formula is C25H26F3NO4S. The Morgan fingerprint density at radius 2 is 1.85 bits per heavy atom. The van der Waals surface area contributed by atoms with Crippen LogP contribution in [0.25, 0.3) is 11.1 Å². The number of carbonyl (C=O) groups is 2. The van der Waals surface area contributed by atoms with Crippen molar-refractivity contribution in [3.8, 4) is 16.9 Å². The fourth-order valence-electron chi connectivity index (χ4n) is 2.58. The lowest BCUT2D eigenvalue weighted by Gasteiger charge is -2.08. The SMILES string of the molecule is CC.NCC1=CC(CCC(=O)O)=CC=C=C1.O=Cc1cc(-c2ccc(OC(F)(F)F)cc2)cs1. The quantitative estimate of drug-likeness (QED) is 0.338. The van der Waals surface area contributed by atoms with Gasteiger partial charge in [-0.3, -0.25) is 9.59 Å². The highest BCUT2D eigenvalue weighted by Crippen LogP contribution is 2.28. The molecule has 0 fully saturated rings. The Morgan fingerprint density at radius 1 is 1.18 bits per heavy atom. The molecule has 0 unspecified atom stereocenters. The van der Waals surface area contributed by atoms with E-state index in [9.17, 15) is 22.8 Å². The van der Waals surface area contributed by atoms with Crippen LogP contribution >= 0.6 is 11.3 Å². The van der Waals surface area contributed by atoms with Crippen molar-refractivity contribution in [2.75, 3.05) is 6.54 Å². The Kier molecular flexibility index (Phi) is 12.4. The number of hydrogen-bond acceptors (Lipinski definition) is 5. The van der Waals surface area contributed by atoms with Crippen LogP contribution in [0.5, 0.6) is 5.75 Å². The van der Waals surface area contributed by atoms with Crippen molar-refractivity contribution in [2.24, 2.45) is 5.73 Å². The molecule has 5 nitrogen and oxygen atoms in total. The number of rotatable bonds is 7. The van der Waals surface area contributed by atoms with Gasteiger partial charge in [0.15, 0.2) is 6.29 Å². The van der Waals surface area contributed by atoms with E-state index in [-0.39, 0.29) is 12.2 Å². The first-order valence-electron chi connectivity index (χ1n) is 10.3. The summed E-state index contributed by atoms with van der Waals surface area (Å²) in [6.07, 6.45) is 4.09. The fourth-order valence-corrected chi connectivity index (χ4v) is 3.30. The molecule has 2 aromatic rings. The molecule has 9 heteroatoms. The number of nitrogens with two attached hydrogens (primary N) is 1. The monoisotopic (exact) mass is 493 g/mol. The number of benzene rings is 1. The maximum atomic E-state index is 12.0. The summed E-state index contributed by atoms with van der Waals surface area (Å²) >= 11 is 1.28. The third kappa shape index (κ3) is 11.0. The molecule has 1 aromatic carbocycles. The van der Waals surface area contributed by atoms with Crippen LogP contribution < -0.4 is 10.5 Å². The Balaban J connectivity index is 0.000000326. The summed E-state index contributed by atoms with van der Waals surface area (Å²) in [5, 5.41) is 10.3. The zero-order valence-electron chi connectivity index (χ0n) is 18.8. The molecule has 0 spiro atoms. The van der Waals surface area contributed by atoms with Gasteiger partial charge in [0.1, 0.15) is 5.75 Å². The molecule has 0 saturated carbocycles. The minimum Gasteiger partial charge on any atom is -0.481 e. The molecule has 3 rings (SSSR count). The summed E-state index contributed by atoms with van der Waals surface area (Å²) in [4.78, 5) is 21.5. The van der Waals surface area contributed by atoms with E-state index in [1.807, 2.05) is 32.1 Å². The summed E-state index contributed by atoms with van der Waals surface area (Å²) < 4.78 is 39.6. The Bertz CT molecular complexity index is 1060. The number of carboxylic acids is 1. The predicted molar refractivity (Wildman–Crippen MR) is 128 cm³/mol. The minimum absolute atomic E-state index is 0.147. The van der Waals surface area contributed by atoms with Gasteiger partial charge in [-0.2, -0.15) is 0 Å². The molecule has 0 bridgehead atoms. The van der Waals surface area contributed by atoms with E-state index in [0.29, 0.717) is 17.8 Å². The fraction of sp³-hybridized carbons (Fsp3) is 0.240. The van der Waals surface area contributed by atoms with Crippen molar-refractivity contribution < 1.29 is 32.6 Å². The molecule has 34 heavy (non-hydrogen) atoms. The molecule has 182 valence electrons. The van der Waals surface area contributed by atoms with Crippen molar-refractivity contribution in [2.45, 2.75) is 33.1 Å². The van der Waals surface area contributed by atoms with Crippen LogP contribution in [-0.4, -0.2) is 30.3 Å². The zero-order chi connectivity index (χ0) is 25.6. The molecule has 0 atom stereocenters. The van der Waals surface area contributed by atoms with E-state index in [4.69, 9.17) is 10.8 Å². The number of alkyl halides is 3. The molecule has 0 aliphatic heterocycles. The van der Waals surface area contributed by atoms with Crippen molar-refractivity contribution in [1.29, 1.82) is 0 Å². The number of carbonyl (C=O) groups excluding carboxylic acids is 1. The first-order valence-corrected chi connectivity index (χ1v) is 11.2. The van der Waals surface area contributed by atoms with Crippen LogP contribution in [0, 0.1) is 0 Å². The zero-order valence-corrected chi connectivity index (χ0v) is 19.6. The van der Waals surface area contributed by atoms with Crippen LogP contribution in [0.15, 0.2) is 76.9 Å².